The minimum Gasteiger partial charge on any atom is -0.324 e. The lowest BCUT2D eigenvalue weighted by Gasteiger charge is -2.18. The zero-order chi connectivity index (χ0) is 13.3. The van der Waals surface area contributed by atoms with Crippen molar-refractivity contribution in [2.75, 3.05) is 0 Å². The molecule has 2 N–H and O–H groups in total. The molecule has 0 spiro atoms. The minimum absolute atomic E-state index is 0.222. The Balaban J connectivity index is 1.53. The van der Waals surface area contributed by atoms with Gasteiger partial charge in [-0.25, -0.2) is 0 Å². The van der Waals surface area contributed by atoms with Crippen LogP contribution in [0.5, 0.6) is 0 Å². The molecule has 0 amide bonds. The van der Waals surface area contributed by atoms with E-state index in [9.17, 15) is 0 Å². The molecule has 1 heterocycles. The minimum atomic E-state index is 0.222. The van der Waals surface area contributed by atoms with Crippen molar-refractivity contribution in [2.24, 2.45) is 35.3 Å². The lowest BCUT2D eigenvalue weighted by molar-refractivity contribution is 0.419. The van der Waals surface area contributed by atoms with E-state index >= 15 is 0 Å². The lowest BCUT2D eigenvalue weighted by atomic mass is 9.91. The maximum Gasteiger partial charge on any atom is 0.0346 e. The van der Waals surface area contributed by atoms with Crippen LogP contribution in [0, 0.1) is 29.6 Å². The molecule has 102 valence electrons. The molecular weight excluding hydrogens is 244 g/mol. The van der Waals surface area contributed by atoms with E-state index in [4.69, 9.17) is 5.73 Å². The summed E-state index contributed by atoms with van der Waals surface area (Å²) in [5.41, 5.74) is 8.03. The molecule has 3 aliphatic carbocycles. The molecule has 1 aromatic carbocycles. The summed E-state index contributed by atoms with van der Waals surface area (Å²) in [4.78, 5) is 4.22. The Morgan fingerprint density at radius 3 is 2.70 bits per heavy atom. The summed E-state index contributed by atoms with van der Waals surface area (Å²) in [5.74, 6) is 4.64. The van der Waals surface area contributed by atoms with Crippen molar-refractivity contribution >= 4 is 10.8 Å². The van der Waals surface area contributed by atoms with Gasteiger partial charge in [0.1, 0.15) is 0 Å². The molecule has 2 bridgehead atoms. The highest BCUT2D eigenvalue weighted by Gasteiger charge is 2.66. The Morgan fingerprint density at radius 1 is 1.10 bits per heavy atom. The van der Waals surface area contributed by atoms with Crippen molar-refractivity contribution in [3.8, 4) is 0 Å². The molecule has 0 aliphatic heterocycles. The second-order valence-electron chi connectivity index (χ2n) is 7.04. The summed E-state index contributed by atoms with van der Waals surface area (Å²) >= 11 is 0. The van der Waals surface area contributed by atoms with Crippen LogP contribution in [-0.2, 0) is 0 Å². The first kappa shape index (κ1) is 11.3. The van der Waals surface area contributed by atoms with Crippen LogP contribution in [0.3, 0.4) is 0 Å². The summed E-state index contributed by atoms with van der Waals surface area (Å²) in [6.45, 7) is 0. The molecule has 20 heavy (non-hydrogen) atoms. The first-order valence-electron chi connectivity index (χ1n) is 7.93. The van der Waals surface area contributed by atoms with Gasteiger partial charge in [-0.2, -0.15) is 0 Å². The van der Waals surface area contributed by atoms with E-state index in [-0.39, 0.29) is 6.04 Å². The van der Waals surface area contributed by atoms with Gasteiger partial charge in [0.25, 0.3) is 0 Å². The van der Waals surface area contributed by atoms with Crippen LogP contribution < -0.4 is 5.73 Å². The van der Waals surface area contributed by atoms with Gasteiger partial charge in [0.2, 0.25) is 0 Å². The van der Waals surface area contributed by atoms with E-state index in [0.29, 0.717) is 0 Å². The van der Waals surface area contributed by atoms with Gasteiger partial charge < -0.3 is 5.73 Å². The second-order valence-corrected chi connectivity index (χ2v) is 7.04. The maximum absolute atomic E-state index is 6.69. The molecule has 3 fully saturated rings. The fraction of sp³-hybridized carbons (Fsp3) is 0.500. The third-order valence-corrected chi connectivity index (χ3v) is 6.28. The van der Waals surface area contributed by atoms with Crippen LogP contribution >= 0.6 is 0 Å². The molecule has 2 nitrogen and oxygen atoms in total. The summed E-state index contributed by atoms with van der Waals surface area (Å²) in [6.07, 6.45) is 8.26. The molecule has 0 saturated heterocycles. The zero-order valence-corrected chi connectivity index (χ0v) is 11.6. The summed E-state index contributed by atoms with van der Waals surface area (Å²) in [7, 11) is 0. The van der Waals surface area contributed by atoms with Crippen molar-refractivity contribution in [1.82, 2.24) is 4.98 Å². The van der Waals surface area contributed by atoms with Gasteiger partial charge in [-0.05, 0) is 65.9 Å². The Bertz CT molecular complexity index is 659. The number of nitrogens with two attached hydrogens (primary N) is 1. The zero-order valence-electron chi connectivity index (χ0n) is 11.6. The number of rotatable bonds is 2. The predicted molar refractivity (Wildman–Crippen MR) is 80.0 cm³/mol. The van der Waals surface area contributed by atoms with E-state index in [1.54, 1.807) is 0 Å². The normalized spacial score (nSPS) is 39.0. The van der Waals surface area contributed by atoms with Crippen LogP contribution in [0.1, 0.15) is 30.9 Å². The van der Waals surface area contributed by atoms with E-state index in [2.05, 4.69) is 29.2 Å². The monoisotopic (exact) mass is 264 g/mol. The number of nitrogens with zero attached hydrogens (tertiary/aromatic N) is 1. The largest absolute Gasteiger partial charge is 0.324 e. The van der Waals surface area contributed by atoms with Gasteiger partial charge in [0.15, 0.2) is 0 Å². The summed E-state index contributed by atoms with van der Waals surface area (Å²) in [5, 5.41) is 2.52. The third kappa shape index (κ3) is 1.35. The first-order chi connectivity index (χ1) is 9.84. The SMILES string of the molecule is NC(c1cccc2cnccc12)C1C2C3CCC(C3)C21. The molecule has 3 saturated carbocycles. The smallest absolute Gasteiger partial charge is 0.0346 e. The van der Waals surface area contributed by atoms with Gasteiger partial charge >= 0.3 is 0 Å². The molecule has 5 unspecified atom stereocenters. The summed E-state index contributed by atoms with van der Waals surface area (Å²) < 4.78 is 0. The van der Waals surface area contributed by atoms with Gasteiger partial charge in [-0.15, -0.1) is 0 Å². The van der Waals surface area contributed by atoms with Crippen LogP contribution in [0.4, 0.5) is 0 Å². The van der Waals surface area contributed by atoms with Crippen LogP contribution in [-0.4, -0.2) is 4.98 Å². The Labute approximate surface area is 119 Å². The Morgan fingerprint density at radius 2 is 1.90 bits per heavy atom. The van der Waals surface area contributed by atoms with Crippen molar-refractivity contribution < 1.29 is 0 Å². The van der Waals surface area contributed by atoms with Crippen molar-refractivity contribution in [1.29, 1.82) is 0 Å². The van der Waals surface area contributed by atoms with E-state index < -0.39 is 0 Å². The number of benzene rings is 1. The number of hydrogen-bond donors (Lipinski definition) is 1. The third-order valence-electron chi connectivity index (χ3n) is 6.28. The van der Waals surface area contributed by atoms with E-state index in [1.165, 1.54) is 35.6 Å². The predicted octanol–water partition coefficient (Wildman–Crippen LogP) is 3.53. The van der Waals surface area contributed by atoms with Crippen LogP contribution in [0.2, 0.25) is 0 Å². The van der Waals surface area contributed by atoms with E-state index in [1.807, 2.05) is 12.4 Å². The molecule has 0 radical (unpaired) electrons. The highest BCUT2D eigenvalue weighted by molar-refractivity contribution is 5.85. The number of pyridine rings is 1. The maximum atomic E-state index is 6.69. The number of hydrogen-bond acceptors (Lipinski definition) is 2. The number of aromatic nitrogens is 1. The fourth-order valence-corrected chi connectivity index (χ4v) is 5.52. The molecule has 5 atom stereocenters. The number of fused-ring (bicyclic) bond motifs is 6. The first-order valence-corrected chi connectivity index (χ1v) is 7.93. The Kier molecular flexibility index (Phi) is 2.15. The van der Waals surface area contributed by atoms with Gasteiger partial charge in [-0.1, -0.05) is 18.2 Å². The standard InChI is InChI=1S/C18H20N2/c19-18(17-15-10-4-5-11(8-10)16(15)17)14-3-1-2-12-9-20-7-6-13(12)14/h1-3,6-7,9-11,15-18H,4-5,8,19H2. The molecular formula is C18H20N2. The van der Waals surface area contributed by atoms with Gasteiger partial charge in [-0.3, -0.25) is 4.98 Å². The quantitative estimate of drug-likeness (QED) is 0.901. The molecule has 2 aromatic rings. The molecule has 5 rings (SSSR count). The topological polar surface area (TPSA) is 38.9 Å². The lowest BCUT2D eigenvalue weighted by Crippen LogP contribution is -2.17. The van der Waals surface area contributed by atoms with Crippen molar-refractivity contribution in [3.05, 3.63) is 42.2 Å². The van der Waals surface area contributed by atoms with Gasteiger partial charge in [0, 0.05) is 23.8 Å². The highest BCUT2D eigenvalue weighted by Crippen LogP contribution is 2.71. The van der Waals surface area contributed by atoms with Gasteiger partial charge in [0.05, 0.1) is 0 Å². The second kappa shape index (κ2) is 3.82. The fourth-order valence-electron chi connectivity index (χ4n) is 5.52. The summed E-state index contributed by atoms with van der Waals surface area (Å²) in [6, 6.07) is 8.84. The average molecular weight is 264 g/mol. The Hall–Kier alpha value is -1.41. The van der Waals surface area contributed by atoms with Crippen molar-refractivity contribution in [3.63, 3.8) is 0 Å². The molecule has 2 heteroatoms. The van der Waals surface area contributed by atoms with Crippen LogP contribution in [0.15, 0.2) is 36.7 Å². The van der Waals surface area contributed by atoms with E-state index in [0.717, 1.165) is 29.6 Å². The molecule has 3 aliphatic rings. The average Bonchev–Trinajstić information content (AvgIpc) is 2.93. The van der Waals surface area contributed by atoms with Crippen LogP contribution in [0.25, 0.3) is 10.8 Å². The van der Waals surface area contributed by atoms with Crippen molar-refractivity contribution in [2.45, 2.75) is 25.3 Å². The highest BCUT2D eigenvalue weighted by atomic mass is 14.8. The molecule has 1 aromatic heterocycles.